The van der Waals surface area contributed by atoms with E-state index >= 15 is 0 Å². The van der Waals surface area contributed by atoms with Crippen LogP contribution in [0.3, 0.4) is 0 Å². The van der Waals surface area contributed by atoms with Crippen LogP contribution in [0.15, 0.2) is 42.6 Å². The Morgan fingerprint density at radius 1 is 1.07 bits per heavy atom. The van der Waals surface area contributed by atoms with Gasteiger partial charge in [0.25, 0.3) is 0 Å². The fourth-order valence-electron chi connectivity index (χ4n) is 3.00. The number of aromatic nitrogens is 1. The molecule has 3 aromatic rings. The van der Waals surface area contributed by atoms with E-state index in [-0.39, 0.29) is 6.61 Å². The van der Waals surface area contributed by atoms with Crippen molar-refractivity contribution in [1.29, 1.82) is 0 Å². The van der Waals surface area contributed by atoms with E-state index < -0.39 is 11.9 Å². The number of para-hydroxylation sites is 1. The number of methoxy groups -OCH3 is 1. The number of aryl methyl sites for hydroxylation is 2. The molecule has 0 saturated heterocycles. The standard InChI is InChI=1S/C22H22N2O4/c1-5-28-22(26)17-12-23-19-15(7-6-8-16(19)21(25)27-4)20(17)24-18-11-13(2)9-10-14(18)3/h6-12H,5H2,1-4H3,(H,23,24). The van der Waals surface area contributed by atoms with Gasteiger partial charge in [-0.15, -0.1) is 0 Å². The quantitative estimate of drug-likeness (QED) is 0.656. The molecule has 2 aromatic carbocycles. The number of rotatable bonds is 5. The Hall–Kier alpha value is -3.41. The summed E-state index contributed by atoms with van der Waals surface area (Å²) in [6.07, 6.45) is 1.43. The minimum Gasteiger partial charge on any atom is -0.465 e. The first-order valence-electron chi connectivity index (χ1n) is 8.97. The number of hydrogen-bond acceptors (Lipinski definition) is 6. The third-order valence-electron chi connectivity index (χ3n) is 4.45. The van der Waals surface area contributed by atoms with E-state index in [1.165, 1.54) is 13.3 Å². The molecule has 0 aliphatic rings. The zero-order chi connectivity index (χ0) is 20.3. The Bertz CT molecular complexity index is 1060. The Labute approximate surface area is 163 Å². The lowest BCUT2D eigenvalue weighted by Gasteiger charge is -2.17. The summed E-state index contributed by atoms with van der Waals surface area (Å²) in [7, 11) is 1.32. The van der Waals surface area contributed by atoms with Crippen LogP contribution in [0.25, 0.3) is 10.9 Å². The molecule has 144 valence electrons. The van der Waals surface area contributed by atoms with Crippen LogP contribution in [0.5, 0.6) is 0 Å². The highest BCUT2D eigenvalue weighted by Gasteiger charge is 2.20. The highest BCUT2D eigenvalue weighted by Crippen LogP contribution is 2.32. The van der Waals surface area contributed by atoms with Crippen molar-refractivity contribution < 1.29 is 19.1 Å². The second-order valence-corrected chi connectivity index (χ2v) is 6.40. The fraction of sp³-hybridized carbons (Fsp3) is 0.227. The van der Waals surface area contributed by atoms with E-state index in [9.17, 15) is 9.59 Å². The number of benzene rings is 2. The smallest absolute Gasteiger partial charge is 0.341 e. The van der Waals surface area contributed by atoms with Crippen molar-refractivity contribution in [3.8, 4) is 0 Å². The molecule has 0 atom stereocenters. The maximum absolute atomic E-state index is 12.5. The molecule has 6 nitrogen and oxygen atoms in total. The van der Waals surface area contributed by atoms with Gasteiger partial charge in [0.2, 0.25) is 0 Å². The van der Waals surface area contributed by atoms with E-state index in [0.29, 0.717) is 27.7 Å². The second-order valence-electron chi connectivity index (χ2n) is 6.40. The van der Waals surface area contributed by atoms with Gasteiger partial charge in [0.15, 0.2) is 0 Å². The van der Waals surface area contributed by atoms with Crippen LogP contribution < -0.4 is 5.32 Å². The van der Waals surface area contributed by atoms with Gasteiger partial charge in [-0.2, -0.15) is 0 Å². The van der Waals surface area contributed by atoms with Crippen LogP contribution >= 0.6 is 0 Å². The summed E-state index contributed by atoms with van der Waals surface area (Å²) in [4.78, 5) is 29.0. The van der Waals surface area contributed by atoms with E-state index in [1.54, 1.807) is 19.1 Å². The maximum atomic E-state index is 12.5. The van der Waals surface area contributed by atoms with Crippen molar-refractivity contribution in [3.05, 3.63) is 64.8 Å². The van der Waals surface area contributed by atoms with Gasteiger partial charge in [-0.3, -0.25) is 4.98 Å². The molecule has 0 spiro atoms. The van der Waals surface area contributed by atoms with Gasteiger partial charge in [0.1, 0.15) is 5.56 Å². The van der Waals surface area contributed by atoms with Crippen LogP contribution in [-0.4, -0.2) is 30.6 Å². The van der Waals surface area contributed by atoms with Gasteiger partial charge < -0.3 is 14.8 Å². The summed E-state index contributed by atoms with van der Waals surface area (Å²) in [6.45, 7) is 5.98. The van der Waals surface area contributed by atoms with Gasteiger partial charge in [0, 0.05) is 17.3 Å². The molecule has 0 saturated carbocycles. The number of anilines is 2. The molecule has 0 bridgehead atoms. The molecular weight excluding hydrogens is 356 g/mol. The number of esters is 2. The molecule has 0 amide bonds. The summed E-state index contributed by atoms with van der Waals surface area (Å²) < 4.78 is 10.1. The van der Waals surface area contributed by atoms with E-state index in [2.05, 4.69) is 10.3 Å². The van der Waals surface area contributed by atoms with Crippen molar-refractivity contribution in [1.82, 2.24) is 4.98 Å². The third kappa shape index (κ3) is 3.67. The first-order chi connectivity index (χ1) is 13.5. The lowest BCUT2D eigenvalue weighted by Crippen LogP contribution is -2.11. The molecule has 0 radical (unpaired) electrons. The molecule has 0 aliphatic heterocycles. The molecule has 0 unspecified atom stereocenters. The Kier molecular flexibility index (Phi) is 5.59. The van der Waals surface area contributed by atoms with Crippen LogP contribution in [0.4, 0.5) is 11.4 Å². The topological polar surface area (TPSA) is 77.5 Å². The van der Waals surface area contributed by atoms with Crippen molar-refractivity contribution >= 4 is 34.2 Å². The van der Waals surface area contributed by atoms with E-state index in [0.717, 1.165) is 16.8 Å². The van der Waals surface area contributed by atoms with E-state index in [1.807, 2.05) is 38.1 Å². The first kappa shape index (κ1) is 19.4. The van der Waals surface area contributed by atoms with Gasteiger partial charge in [-0.25, -0.2) is 9.59 Å². The molecule has 1 N–H and O–H groups in total. The summed E-state index contributed by atoms with van der Waals surface area (Å²) in [5, 5.41) is 3.99. The fourth-order valence-corrected chi connectivity index (χ4v) is 3.00. The molecular formula is C22H22N2O4. The van der Waals surface area contributed by atoms with Crippen molar-refractivity contribution in [2.75, 3.05) is 19.0 Å². The molecule has 3 rings (SSSR count). The van der Waals surface area contributed by atoms with Gasteiger partial charge in [-0.1, -0.05) is 24.3 Å². The zero-order valence-electron chi connectivity index (χ0n) is 16.3. The molecule has 1 heterocycles. The first-order valence-corrected chi connectivity index (χ1v) is 8.97. The highest BCUT2D eigenvalue weighted by atomic mass is 16.5. The number of hydrogen-bond donors (Lipinski definition) is 1. The second kappa shape index (κ2) is 8.08. The predicted molar refractivity (Wildman–Crippen MR) is 108 cm³/mol. The molecule has 6 heteroatoms. The average molecular weight is 378 g/mol. The Morgan fingerprint density at radius 2 is 1.86 bits per heavy atom. The van der Waals surface area contributed by atoms with Crippen molar-refractivity contribution in [3.63, 3.8) is 0 Å². The van der Waals surface area contributed by atoms with Gasteiger partial charge in [0.05, 0.1) is 30.5 Å². The number of nitrogens with zero attached hydrogens (tertiary/aromatic N) is 1. The van der Waals surface area contributed by atoms with Crippen molar-refractivity contribution in [2.45, 2.75) is 20.8 Å². The number of fused-ring (bicyclic) bond motifs is 1. The van der Waals surface area contributed by atoms with Crippen LogP contribution in [0.2, 0.25) is 0 Å². The largest absolute Gasteiger partial charge is 0.465 e. The minimum atomic E-state index is -0.486. The SMILES string of the molecule is CCOC(=O)c1cnc2c(C(=O)OC)cccc2c1Nc1cc(C)ccc1C. The van der Waals surface area contributed by atoms with Gasteiger partial charge >= 0.3 is 11.9 Å². The zero-order valence-corrected chi connectivity index (χ0v) is 16.3. The van der Waals surface area contributed by atoms with E-state index in [4.69, 9.17) is 9.47 Å². The van der Waals surface area contributed by atoms with Crippen molar-refractivity contribution in [2.24, 2.45) is 0 Å². The van der Waals surface area contributed by atoms with Crippen LogP contribution in [0, 0.1) is 13.8 Å². The molecule has 0 fully saturated rings. The lowest BCUT2D eigenvalue weighted by molar-refractivity contribution is 0.0526. The molecule has 28 heavy (non-hydrogen) atoms. The molecule has 0 aliphatic carbocycles. The molecule has 1 aromatic heterocycles. The summed E-state index contributed by atoms with van der Waals surface area (Å²) in [5.41, 5.74) is 4.60. The lowest BCUT2D eigenvalue weighted by atomic mass is 10.0. The monoisotopic (exact) mass is 378 g/mol. The summed E-state index contributed by atoms with van der Waals surface area (Å²) >= 11 is 0. The number of ether oxygens (including phenoxy) is 2. The number of carbonyl (C=O) groups excluding carboxylic acids is 2. The van der Waals surface area contributed by atoms with Crippen LogP contribution in [-0.2, 0) is 9.47 Å². The number of nitrogens with one attached hydrogen (secondary N) is 1. The number of carbonyl (C=O) groups is 2. The summed E-state index contributed by atoms with van der Waals surface area (Å²) in [5.74, 6) is -0.965. The third-order valence-corrected chi connectivity index (χ3v) is 4.45. The van der Waals surface area contributed by atoms with Crippen LogP contribution in [0.1, 0.15) is 38.8 Å². The minimum absolute atomic E-state index is 0.252. The Balaban J connectivity index is 2.26. The summed E-state index contributed by atoms with van der Waals surface area (Å²) in [6, 6.07) is 11.2. The van der Waals surface area contributed by atoms with Gasteiger partial charge in [-0.05, 0) is 44.0 Å². The number of pyridine rings is 1. The maximum Gasteiger partial charge on any atom is 0.341 e. The Morgan fingerprint density at radius 3 is 2.57 bits per heavy atom. The normalized spacial score (nSPS) is 10.6. The average Bonchev–Trinajstić information content (AvgIpc) is 2.70. The predicted octanol–water partition coefficient (Wildman–Crippen LogP) is 4.56. The highest BCUT2D eigenvalue weighted by molar-refractivity contribution is 6.11.